The summed E-state index contributed by atoms with van der Waals surface area (Å²) < 4.78 is 14.2. The molecule has 2 amide bonds. The number of amides is 2. The van der Waals surface area contributed by atoms with Gasteiger partial charge in [-0.3, -0.25) is 20.4 Å². The van der Waals surface area contributed by atoms with E-state index in [1.54, 1.807) is 24.3 Å². The molecule has 132 valence electrons. The van der Waals surface area contributed by atoms with Crippen molar-refractivity contribution in [3.8, 4) is 11.4 Å². The van der Waals surface area contributed by atoms with Crippen LogP contribution in [0.3, 0.4) is 0 Å². The third kappa shape index (κ3) is 4.04. The highest BCUT2D eigenvalue weighted by molar-refractivity contribution is 5.96. The Morgan fingerprint density at radius 3 is 2.42 bits per heavy atom. The maximum atomic E-state index is 12.8. The number of halogens is 1. The Kier molecular flexibility index (Phi) is 4.93. The van der Waals surface area contributed by atoms with Gasteiger partial charge < -0.3 is 5.11 Å². The van der Waals surface area contributed by atoms with Crippen molar-refractivity contribution >= 4 is 11.8 Å². The number of aromatic hydroxyl groups is 1. The molecule has 0 saturated heterocycles. The summed E-state index contributed by atoms with van der Waals surface area (Å²) in [5.41, 5.74) is 5.45. The summed E-state index contributed by atoms with van der Waals surface area (Å²) in [6.45, 7) is 0. The first kappa shape index (κ1) is 17.2. The summed E-state index contributed by atoms with van der Waals surface area (Å²) in [6.07, 6.45) is 1.26. The Morgan fingerprint density at radius 1 is 1.04 bits per heavy atom. The quantitative estimate of drug-likeness (QED) is 0.622. The van der Waals surface area contributed by atoms with Gasteiger partial charge in [0.05, 0.1) is 18.3 Å². The summed E-state index contributed by atoms with van der Waals surface area (Å²) in [5, 5.41) is 13.9. The molecule has 0 unspecified atom stereocenters. The van der Waals surface area contributed by atoms with Crippen LogP contribution in [0.4, 0.5) is 4.39 Å². The second-order valence-corrected chi connectivity index (χ2v) is 5.45. The first-order chi connectivity index (χ1) is 12.5. The minimum atomic E-state index is -0.760. The van der Waals surface area contributed by atoms with Crippen LogP contribution < -0.4 is 10.9 Å². The molecule has 0 radical (unpaired) electrons. The molecule has 0 saturated carbocycles. The maximum absolute atomic E-state index is 12.8. The van der Waals surface area contributed by atoms with E-state index in [4.69, 9.17) is 0 Å². The Hall–Kier alpha value is -3.68. The summed E-state index contributed by atoms with van der Waals surface area (Å²) in [5.74, 6) is -1.97. The van der Waals surface area contributed by atoms with Gasteiger partial charge in [0.2, 0.25) is 5.91 Å². The average Bonchev–Trinajstić information content (AvgIpc) is 3.04. The van der Waals surface area contributed by atoms with Crippen molar-refractivity contribution < 1.29 is 19.1 Å². The van der Waals surface area contributed by atoms with Gasteiger partial charge in [-0.15, -0.1) is 0 Å². The first-order valence-electron chi connectivity index (χ1n) is 7.70. The minimum absolute atomic E-state index is 0.0367. The number of hydrogen-bond acceptors (Lipinski definition) is 4. The molecule has 8 heteroatoms. The van der Waals surface area contributed by atoms with E-state index in [-0.39, 0.29) is 17.9 Å². The summed E-state index contributed by atoms with van der Waals surface area (Å²) in [6, 6.07) is 14.4. The zero-order valence-corrected chi connectivity index (χ0v) is 13.5. The molecule has 3 aromatic rings. The predicted molar refractivity (Wildman–Crippen MR) is 90.9 cm³/mol. The molecule has 26 heavy (non-hydrogen) atoms. The number of rotatable bonds is 4. The molecular formula is C18H15FN4O3. The van der Waals surface area contributed by atoms with Crippen molar-refractivity contribution in [2.24, 2.45) is 0 Å². The lowest BCUT2D eigenvalue weighted by Crippen LogP contribution is -2.42. The standard InChI is InChI=1S/C18H15FN4O3/c19-13-8-6-12(7-9-13)10-16(25)20-21-18(26)17-15(24)11-23(22-17)14-4-2-1-3-5-14/h1-9,11,24H,10H2,(H,20,25)(H,21,26). The highest BCUT2D eigenvalue weighted by Crippen LogP contribution is 2.17. The molecule has 2 aromatic carbocycles. The Balaban J connectivity index is 1.60. The zero-order chi connectivity index (χ0) is 18.5. The second kappa shape index (κ2) is 7.47. The topological polar surface area (TPSA) is 96.3 Å². The van der Waals surface area contributed by atoms with E-state index >= 15 is 0 Å². The number of carbonyl (C=O) groups is 2. The van der Waals surface area contributed by atoms with Crippen LogP contribution in [0.2, 0.25) is 0 Å². The predicted octanol–water partition coefficient (Wildman–Crippen LogP) is 1.72. The second-order valence-electron chi connectivity index (χ2n) is 5.45. The van der Waals surface area contributed by atoms with Crippen molar-refractivity contribution in [2.75, 3.05) is 0 Å². The van der Waals surface area contributed by atoms with Gasteiger partial charge in [-0.25, -0.2) is 9.07 Å². The van der Waals surface area contributed by atoms with E-state index in [9.17, 15) is 19.1 Å². The van der Waals surface area contributed by atoms with Crippen LogP contribution >= 0.6 is 0 Å². The summed E-state index contributed by atoms with van der Waals surface area (Å²) in [4.78, 5) is 23.9. The van der Waals surface area contributed by atoms with E-state index < -0.39 is 17.6 Å². The third-order valence-corrected chi connectivity index (χ3v) is 3.52. The van der Waals surface area contributed by atoms with E-state index in [2.05, 4.69) is 16.0 Å². The Morgan fingerprint density at radius 2 is 1.73 bits per heavy atom. The van der Waals surface area contributed by atoms with Crippen molar-refractivity contribution in [3.05, 3.63) is 77.9 Å². The van der Waals surface area contributed by atoms with E-state index in [0.717, 1.165) is 0 Å². The van der Waals surface area contributed by atoms with Crippen molar-refractivity contribution in [1.82, 2.24) is 20.6 Å². The van der Waals surface area contributed by atoms with Gasteiger partial charge in [0.25, 0.3) is 5.91 Å². The number of nitrogens with one attached hydrogen (secondary N) is 2. The largest absolute Gasteiger partial charge is 0.504 e. The van der Waals surface area contributed by atoms with Gasteiger partial charge in [-0.1, -0.05) is 30.3 Å². The first-order valence-corrected chi connectivity index (χ1v) is 7.70. The van der Waals surface area contributed by atoms with E-state index in [1.807, 2.05) is 6.07 Å². The van der Waals surface area contributed by atoms with Crippen LogP contribution in [0, 0.1) is 5.82 Å². The molecule has 0 spiro atoms. The number of para-hydroxylation sites is 1. The number of hydrogen-bond donors (Lipinski definition) is 3. The molecule has 3 rings (SSSR count). The average molecular weight is 354 g/mol. The molecule has 0 fully saturated rings. The highest BCUT2D eigenvalue weighted by atomic mass is 19.1. The molecule has 0 aliphatic carbocycles. The molecule has 1 aromatic heterocycles. The van der Waals surface area contributed by atoms with Gasteiger partial charge in [-0.2, -0.15) is 5.10 Å². The van der Waals surface area contributed by atoms with Crippen LogP contribution in [0.1, 0.15) is 16.1 Å². The smallest absolute Gasteiger partial charge is 0.294 e. The maximum Gasteiger partial charge on any atom is 0.294 e. The highest BCUT2D eigenvalue weighted by Gasteiger charge is 2.17. The normalized spacial score (nSPS) is 10.3. The lowest BCUT2D eigenvalue weighted by atomic mass is 10.1. The Labute approximate surface area is 148 Å². The van der Waals surface area contributed by atoms with Crippen molar-refractivity contribution in [3.63, 3.8) is 0 Å². The number of carbonyl (C=O) groups excluding carboxylic acids is 2. The Bertz CT molecular complexity index is 923. The van der Waals surface area contributed by atoms with Crippen molar-refractivity contribution in [1.29, 1.82) is 0 Å². The van der Waals surface area contributed by atoms with E-state index in [1.165, 1.54) is 35.1 Å². The van der Waals surface area contributed by atoms with Gasteiger partial charge in [0, 0.05) is 0 Å². The molecule has 7 nitrogen and oxygen atoms in total. The lowest BCUT2D eigenvalue weighted by molar-refractivity contribution is -0.121. The van der Waals surface area contributed by atoms with Crippen LogP contribution in [0.15, 0.2) is 60.8 Å². The molecule has 0 aliphatic heterocycles. The number of benzene rings is 2. The number of hydrazine groups is 1. The van der Waals surface area contributed by atoms with Gasteiger partial charge in [-0.05, 0) is 29.8 Å². The van der Waals surface area contributed by atoms with Crippen molar-refractivity contribution in [2.45, 2.75) is 6.42 Å². The van der Waals surface area contributed by atoms with Crippen LogP contribution in [-0.2, 0) is 11.2 Å². The van der Waals surface area contributed by atoms with Gasteiger partial charge >= 0.3 is 0 Å². The summed E-state index contributed by atoms with van der Waals surface area (Å²) in [7, 11) is 0. The molecule has 0 atom stereocenters. The fourth-order valence-electron chi connectivity index (χ4n) is 2.26. The molecule has 1 heterocycles. The van der Waals surface area contributed by atoms with Crippen LogP contribution in [0.25, 0.3) is 5.69 Å². The molecule has 0 aliphatic rings. The number of nitrogens with zero attached hydrogens (tertiary/aromatic N) is 2. The fraction of sp³-hybridized carbons (Fsp3) is 0.0556. The van der Waals surface area contributed by atoms with Crippen LogP contribution in [0.5, 0.6) is 5.75 Å². The van der Waals surface area contributed by atoms with Crippen LogP contribution in [-0.4, -0.2) is 26.7 Å². The number of aromatic nitrogens is 2. The molecule has 3 N–H and O–H groups in total. The van der Waals surface area contributed by atoms with Gasteiger partial charge in [0.1, 0.15) is 5.82 Å². The minimum Gasteiger partial charge on any atom is -0.504 e. The zero-order valence-electron chi connectivity index (χ0n) is 13.5. The summed E-state index contributed by atoms with van der Waals surface area (Å²) >= 11 is 0. The fourth-order valence-corrected chi connectivity index (χ4v) is 2.26. The SMILES string of the molecule is O=C(Cc1ccc(F)cc1)NNC(=O)c1nn(-c2ccccc2)cc1O. The van der Waals surface area contributed by atoms with Gasteiger partial charge in [0.15, 0.2) is 11.4 Å². The van der Waals surface area contributed by atoms with E-state index in [0.29, 0.717) is 11.3 Å². The molecule has 0 bridgehead atoms. The monoisotopic (exact) mass is 354 g/mol. The lowest BCUT2D eigenvalue weighted by Gasteiger charge is -2.06. The third-order valence-electron chi connectivity index (χ3n) is 3.52. The molecular weight excluding hydrogens is 339 g/mol.